The Labute approximate surface area is 107 Å². The Hall–Kier alpha value is -0.600. The minimum absolute atomic E-state index is 0.171. The molecular formula is C14H19ClFN. The second kappa shape index (κ2) is 6.36. The summed E-state index contributed by atoms with van der Waals surface area (Å²) in [5, 5.41) is 4.05. The van der Waals surface area contributed by atoms with Crippen LogP contribution < -0.4 is 5.32 Å². The van der Waals surface area contributed by atoms with Gasteiger partial charge in [0.1, 0.15) is 5.82 Å². The maximum absolute atomic E-state index is 13.5. The van der Waals surface area contributed by atoms with Crippen LogP contribution in [-0.4, -0.2) is 6.04 Å². The number of hydrogen-bond acceptors (Lipinski definition) is 1. The Morgan fingerprint density at radius 3 is 2.59 bits per heavy atom. The molecule has 17 heavy (non-hydrogen) atoms. The second-order valence-corrected chi connectivity index (χ2v) is 5.24. The summed E-state index contributed by atoms with van der Waals surface area (Å²) in [7, 11) is 0. The van der Waals surface area contributed by atoms with Gasteiger partial charge in [0.2, 0.25) is 0 Å². The van der Waals surface area contributed by atoms with Gasteiger partial charge in [0.25, 0.3) is 0 Å². The summed E-state index contributed by atoms with van der Waals surface area (Å²) in [5.41, 5.74) is 0.668. The lowest BCUT2D eigenvalue weighted by atomic mass is 10.1. The van der Waals surface area contributed by atoms with Crippen molar-refractivity contribution in [3.63, 3.8) is 0 Å². The van der Waals surface area contributed by atoms with Gasteiger partial charge in [-0.15, -0.1) is 0 Å². The van der Waals surface area contributed by atoms with Crippen LogP contribution in [0.4, 0.5) is 4.39 Å². The molecule has 0 heterocycles. The predicted molar refractivity (Wildman–Crippen MR) is 69.7 cm³/mol. The van der Waals surface area contributed by atoms with E-state index in [1.165, 1.54) is 44.6 Å². The molecule has 0 bridgehead atoms. The zero-order chi connectivity index (χ0) is 12.1. The molecule has 94 valence electrons. The van der Waals surface area contributed by atoms with Crippen molar-refractivity contribution in [2.45, 2.75) is 51.1 Å². The summed E-state index contributed by atoms with van der Waals surface area (Å²) in [6, 6.07) is 5.27. The Bertz CT molecular complexity index is 359. The monoisotopic (exact) mass is 255 g/mol. The van der Waals surface area contributed by atoms with Crippen molar-refractivity contribution in [3.8, 4) is 0 Å². The lowest BCUT2D eigenvalue weighted by Crippen LogP contribution is -2.28. The van der Waals surface area contributed by atoms with Gasteiger partial charge in [0, 0.05) is 23.2 Å². The highest BCUT2D eigenvalue weighted by Gasteiger charge is 2.12. The fourth-order valence-electron chi connectivity index (χ4n) is 2.42. The summed E-state index contributed by atoms with van der Waals surface area (Å²) in [6.07, 6.45) is 7.67. The van der Waals surface area contributed by atoms with Gasteiger partial charge in [-0.25, -0.2) is 4.39 Å². The second-order valence-electron chi connectivity index (χ2n) is 4.81. The molecule has 1 aromatic carbocycles. The van der Waals surface area contributed by atoms with E-state index in [1.54, 1.807) is 12.1 Å². The summed E-state index contributed by atoms with van der Waals surface area (Å²) in [5.74, 6) is -0.171. The molecule has 0 aliphatic heterocycles. The van der Waals surface area contributed by atoms with E-state index in [-0.39, 0.29) is 5.82 Å². The van der Waals surface area contributed by atoms with Gasteiger partial charge in [-0.1, -0.05) is 37.3 Å². The van der Waals surface area contributed by atoms with E-state index in [0.29, 0.717) is 23.2 Å². The van der Waals surface area contributed by atoms with Gasteiger partial charge in [-0.3, -0.25) is 0 Å². The summed E-state index contributed by atoms with van der Waals surface area (Å²) in [6.45, 7) is 0.580. The number of halogens is 2. The van der Waals surface area contributed by atoms with Gasteiger partial charge >= 0.3 is 0 Å². The maximum Gasteiger partial charge on any atom is 0.127 e. The van der Waals surface area contributed by atoms with E-state index in [2.05, 4.69) is 5.32 Å². The van der Waals surface area contributed by atoms with Crippen LogP contribution in [0.2, 0.25) is 5.02 Å². The SMILES string of the molecule is Fc1ccc(Cl)cc1CNC1CCCCCC1. The van der Waals surface area contributed by atoms with Gasteiger partial charge in [-0.2, -0.15) is 0 Å². The summed E-state index contributed by atoms with van der Waals surface area (Å²) < 4.78 is 13.5. The van der Waals surface area contributed by atoms with Crippen LogP contribution in [0, 0.1) is 5.82 Å². The molecule has 1 fully saturated rings. The molecule has 1 nitrogen and oxygen atoms in total. The van der Waals surface area contributed by atoms with Crippen LogP contribution in [0.3, 0.4) is 0 Å². The number of rotatable bonds is 3. The zero-order valence-corrected chi connectivity index (χ0v) is 10.8. The molecule has 0 amide bonds. The van der Waals surface area contributed by atoms with Crippen molar-refractivity contribution in [2.75, 3.05) is 0 Å². The number of nitrogens with one attached hydrogen (secondary N) is 1. The van der Waals surface area contributed by atoms with Gasteiger partial charge < -0.3 is 5.32 Å². The fourth-order valence-corrected chi connectivity index (χ4v) is 2.61. The van der Waals surface area contributed by atoms with E-state index < -0.39 is 0 Å². The average molecular weight is 256 g/mol. The van der Waals surface area contributed by atoms with Crippen molar-refractivity contribution in [1.29, 1.82) is 0 Å². The molecule has 1 saturated carbocycles. The molecule has 0 atom stereocenters. The van der Waals surface area contributed by atoms with E-state index >= 15 is 0 Å². The first-order chi connectivity index (χ1) is 8.25. The molecular weight excluding hydrogens is 237 g/mol. The first-order valence-electron chi connectivity index (χ1n) is 6.43. The van der Waals surface area contributed by atoms with Crippen LogP contribution in [-0.2, 0) is 6.54 Å². The minimum atomic E-state index is -0.171. The molecule has 0 radical (unpaired) electrons. The average Bonchev–Trinajstić information content (AvgIpc) is 2.59. The van der Waals surface area contributed by atoms with E-state index in [9.17, 15) is 4.39 Å². The smallest absolute Gasteiger partial charge is 0.127 e. The highest BCUT2D eigenvalue weighted by Crippen LogP contribution is 2.19. The first kappa shape index (κ1) is 12.8. The third-order valence-electron chi connectivity index (χ3n) is 3.44. The Morgan fingerprint density at radius 2 is 1.88 bits per heavy atom. The van der Waals surface area contributed by atoms with Crippen LogP contribution in [0.15, 0.2) is 18.2 Å². The van der Waals surface area contributed by atoms with Crippen LogP contribution in [0.5, 0.6) is 0 Å². The Balaban J connectivity index is 1.89. The molecule has 3 heteroatoms. The maximum atomic E-state index is 13.5. The Morgan fingerprint density at radius 1 is 1.18 bits per heavy atom. The van der Waals surface area contributed by atoms with Crippen LogP contribution in [0.1, 0.15) is 44.1 Å². The van der Waals surface area contributed by atoms with Gasteiger partial charge in [-0.05, 0) is 31.0 Å². The van der Waals surface area contributed by atoms with E-state index in [4.69, 9.17) is 11.6 Å². The third-order valence-corrected chi connectivity index (χ3v) is 3.68. The predicted octanol–water partition coefficient (Wildman–Crippen LogP) is 4.29. The molecule has 0 spiro atoms. The lowest BCUT2D eigenvalue weighted by Gasteiger charge is -2.16. The third kappa shape index (κ3) is 3.97. The summed E-state index contributed by atoms with van der Waals surface area (Å²) >= 11 is 5.87. The van der Waals surface area contributed by atoms with E-state index in [0.717, 1.165) is 0 Å². The highest BCUT2D eigenvalue weighted by molar-refractivity contribution is 6.30. The number of benzene rings is 1. The molecule has 1 aliphatic rings. The summed E-state index contributed by atoms with van der Waals surface area (Å²) in [4.78, 5) is 0. The van der Waals surface area contributed by atoms with Crippen molar-refractivity contribution in [1.82, 2.24) is 5.32 Å². The molecule has 0 saturated heterocycles. The van der Waals surface area contributed by atoms with Gasteiger partial charge in [0.05, 0.1) is 0 Å². The minimum Gasteiger partial charge on any atom is -0.310 e. The topological polar surface area (TPSA) is 12.0 Å². The fraction of sp³-hybridized carbons (Fsp3) is 0.571. The molecule has 0 aromatic heterocycles. The largest absolute Gasteiger partial charge is 0.310 e. The van der Waals surface area contributed by atoms with Crippen molar-refractivity contribution >= 4 is 11.6 Å². The molecule has 1 aromatic rings. The Kier molecular flexibility index (Phi) is 4.81. The van der Waals surface area contributed by atoms with Crippen molar-refractivity contribution < 1.29 is 4.39 Å². The van der Waals surface area contributed by atoms with Gasteiger partial charge in [0.15, 0.2) is 0 Å². The highest BCUT2D eigenvalue weighted by atomic mass is 35.5. The van der Waals surface area contributed by atoms with Crippen molar-refractivity contribution in [2.24, 2.45) is 0 Å². The quantitative estimate of drug-likeness (QED) is 0.795. The standard InChI is InChI=1S/C14H19ClFN/c15-12-7-8-14(16)11(9-12)10-17-13-5-3-1-2-4-6-13/h7-9,13,17H,1-6,10H2. The van der Waals surface area contributed by atoms with E-state index in [1.807, 2.05) is 0 Å². The first-order valence-corrected chi connectivity index (χ1v) is 6.81. The van der Waals surface area contributed by atoms with Crippen LogP contribution in [0.25, 0.3) is 0 Å². The number of hydrogen-bond donors (Lipinski definition) is 1. The van der Waals surface area contributed by atoms with Crippen molar-refractivity contribution in [3.05, 3.63) is 34.6 Å². The lowest BCUT2D eigenvalue weighted by molar-refractivity contribution is 0.452. The zero-order valence-electron chi connectivity index (χ0n) is 10.0. The van der Waals surface area contributed by atoms with Crippen LogP contribution >= 0.6 is 11.6 Å². The molecule has 1 N–H and O–H groups in total. The normalized spacial score (nSPS) is 18.0. The molecule has 0 unspecified atom stereocenters. The molecule has 1 aliphatic carbocycles. The molecule has 2 rings (SSSR count).